The molecule has 0 aliphatic carbocycles. The average molecular weight is 215 g/mol. The molecule has 0 radical (unpaired) electrons. The number of nitrogens with one attached hydrogen (secondary N) is 1. The summed E-state index contributed by atoms with van der Waals surface area (Å²) in [4.78, 5) is 10.5. The highest BCUT2D eigenvalue weighted by Crippen LogP contribution is 2.30. The lowest BCUT2D eigenvalue weighted by molar-refractivity contribution is 0.112. The highest BCUT2D eigenvalue weighted by atomic mass is 35.5. The maximum atomic E-state index is 10.5. The van der Waals surface area contributed by atoms with Crippen LogP contribution in [0.2, 0.25) is 10.2 Å². The summed E-state index contributed by atoms with van der Waals surface area (Å²) in [7, 11) is 0. The van der Waals surface area contributed by atoms with Crippen LogP contribution in [0.5, 0.6) is 0 Å². The molecule has 66 valence electrons. The van der Waals surface area contributed by atoms with E-state index < -0.39 is 0 Å². The van der Waals surface area contributed by atoms with Crippen molar-refractivity contribution < 1.29 is 4.79 Å². The quantitative estimate of drug-likeness (QED) is 0.743. The second-order valence-corrected chi connectivity index (χ2v) is 3.27. The molecule has 0 spiro atoms. The summed E-state index contributed by atoms with van der Waals surface area (Å²) < 4.78 is 0. The summed E-state index contributed by atoms with van der Waals surface area (Å²) in [5, 5.41) is 7.76. The number of aromatic nitrogens is 2. The number of hydrogen-bond acceptors (Lipinski definition) is 2. The van der Waals surface area contributed by atoms with Crippen molar-refractivity contribution in [2.45, 2.75) is 0 Å². The highest BCUT2D eigenvalue weighted by molar-refractivity contribution is 6.42. The summed E-state index contributed by atoms with van der Waals surface area (Å²) in [6, 6.07) is 3.29. The van der Waals surface area contributed by atoms with Crippen molar-refractivity contribution in [1.82, 2.24) is 10.2 Å². The zero-order valence-corrected chi connectivity index (χ0v) is 7.86. The summed E-state index contributed by atoms with van der Waals surface area (Å²) in [5.74, 6) is 0. The lowest BCUT2D eigenvalue weighted by Gasteiger charge is -1.96. The van der Waals surface area contributed by atoms with E-state index in [2.05, 4.69) is 10.2 Å². The van der Waals surface area contributed by atoms with Gasteiger partial charge in [0.1, 0.15) is 5.15 Å². The highest BCUT2D eigenvalue weighted by Gasteiger charge is 2.10. The van der Waals surface area contributed by atoms with Crippen LogP contribution in [0.25, 0.3) is 10.9 Å². The minimum atomic E-state index is 0.339. The van der Waals surface area contributed by atoms with Crippen LogP contribution in [0, 0.1) is 0 Å². The van der Waals surface area contributed by atoms with E-state index in [-0.39, 0.29) is 0 Å². The van der Waals surface area contributed by atoms with Gasteiger partial charge in [-0.3, -0.25) is 9.89 Å². The zero-order chi connectivity index (χ0) is 9.42. The van der Waals surface area contributed by atoms with E-state index in [0.29, 0.717) is 32.9 Å². The van der Waals surface area contributed by atoms with Gasteiger partial charge < -0.3 is 0 Å². The Kier molecular flexibility index (Phi) is 1.98. The average Bonchev–Trinajstić information content (AvgIpc) is 2.49. The van der Waals surface area contributed by atoms with Crippen molar-refractivity contribution in [1.29, 1.82) is 0 Å². The molecule has 2 aromatic rings. The number of aldehydes is 1. The number of halogens is 2. The first-order valence-corrected chi connectivity index (χ1v) is 4.27. The molecule has 1 aromatic heterocycles. The molecule has 0 saturated heterocycles. The maximum absolute atomic E-state index is 10.5. The Morgan fingerprint density at radius 2 is 2.15 bits per heavy atom. The number of fused-ring (bicyclic) bond motifs is 1. The first kappa shape index (κ1) is 8.53. The van der Waals surface area contributed by atoms with Crippen LogP contribution in [0.4, 0.5) is 0 Å². The fraction of sp³-hybridized carbons (Fsp3) is 0. The lowest BCUT2D eigenvalue weighted by Crippen LogP contribution is -1.81. The van der Waals surface area contributed by atoms with Gasteiger partial charge in [0.05, 0.1) is 15.9 Å². The fourth-order valence-electron chi connectivity index (χ4n) is 1.14. The standard InChI is InChI=1S/C8H4Cl2N2O/c9-7-4(3-13)1-2-5-6(7)8(10)12-11-5/h1-3H,(H,11,12). The van der Waals surface area contributed by atoms with Gasteiger partial charge in [0, 0.05) is 5.56 Å². The Balaban J connectivity index is 2.91. The third-order valence-corrected chi connectivity index (χ3v) is 2.45. The van der Waals surface area contributed by atoms with E-state index in [0.717, 1.165) is 0 Å². The number of nitrogens with zero attached hydrogens (tertiary/aromatic N) is 1. The second kappa shape index (κ2) is 3.01. The smallest absolute Gasteiger partial charge is 0.151 e. The number of benzene rings is 1. The van der Waals surface area contributed by atoms with Crippen LogP contribution in [-0.2, 0) is 0 Å². The number of aromatic amines is 1. The predicted molar refractivity (Wildman–Crippen MR) is 51.5 cm³/mol. The molecular formula is C8H4Cl2N2O. The van der Waals surface area contributed by atoms with E-state index in [4.69, 9.17) is 23.2 Å². The van der Waals surface area contributed by atoms with Crippen LogP contribution in [0.15, 0.2) is 12.1 Å². The number of H-pyrrole nitrogens is 1. The van der Waals surface area contributed by atoms with Gasteiger partial charge in [0.25, 0.3) is 0 Å². The molecule has 0 amide bonds. The second-order valence-electron chi connectivity index (χ2n) is 2.52. The van der Waals surface area contributed by atoms with Crippen LogP contribution < -0.4 is 0 Å². The molecule has 0 unspecified atom stereocenters. The van der Waals surface area contributed by atoms with Gasteiger partial charge in [0.15, 0.2) is 6.29 Å². The van der Waals surface area contributed by atoms with Crippen LogP contribution in [0.3, 0.4) is 0 Å². The topological polar surface area (TPSA) is 45.8 Å². The molecule has 1 N–H and O–H groups in total. The Morgan fingerprint density at radius 1 is 1.38 bits per heavy atom. The molecule has 0 fully saturated rings. The molecule has 5 heteroatoms. The molecule has 2 rings (SSSR count). The zero-order valence-electron chi connectivity index (χ0n) is 6.34. The van der Waals surface area contributed by atoms with Gasteiger partial charge in [-0.15, -0.1) is 0 Å². The van der Waals surface area contributed by atoms with Gasteiger partial charge >= 0.3 is 0 Å². The van der Waals surface area contributed by atoms with E-state index in [1.807, 2.05) is 0 Å². The van der Waals surface area contributed by atoms with Crippen molar-refractivity contribution in [2.75, 3.05) is 0 Å². The van der Waals surface area contributed by atoms with Gasteiger partial charge in [-0.25, -0.2) is 0 Å². The van der Waals surface area contributed by atoms with Crippen molar-refractivity contribution in [3.8, 4) is 0 Å². The Hall–Kier alpha value is -1.06. The monoisotopic (exact) mass is 214 g/mol. The normalized spacial score (nSPS) is 10.6. The molecule has 0 aliphatic rings. The van der Waals surface area contributed by atoms with E-state index >= 15 is 0 Å². The summed E-state index contributed by atoms with van der Waals surface area (Å²) >= 11 is 11.7. The minimum absolute atomic E-state index is 0.339. The van der Waals surface area contributed by atoms with Gasteiger partial charge in [-0.1, -0.05) is 23.2 Å². The third kappa shape index (κ3) is 1.20. The van der Waals surface area contributed by atoms with Crippen molar-refractivity contribution in [3.63, 3.8) is 0 Å². The third-order valence-electron chi connectivity index (χ3n) is 1.77. The Morgan fingerprint density at radius 3 is 2.85 bits per heavy atom. The van der Waals surface area contributed by atoms with Gasteiger partial charge in [-0.2, -0.15) is 5.10 Å². The fourth-order valence-corrected chi connectivity index (χ4v) is 1.72. The summed E-state index contributed by atoms with van der Waals surface area (Å²) in [6.07, 6.45) is 0.686. The van der Waals surface area contributed by atoms with E-state index in [1.54, 1.807) is 12.1 Å². The summed E-state index contributed by atoms with van der Waals surface area (Å²) in [6.45, 7) is 0. The first-order valence-electron chi connectivity index (χ1n) is 3.51. The van der Waals surface area contributed by atoms with Crippen LogP contribution in [-0.4, -0.2) is 16.5 Å². The van der Waals surface area contributed by atoms with E-state index in [1.165, 1.54) is 0 Å². The minimum Gasteiger partial charge on any atom is -0.298 e. The molecule has 13 heavy (non-hydrogen) atoms. The Labute approximate surface area is 83.6 Å². The van der Waals surface area contributed by atoms with Crippen molar-refractivity contribution in [3.05, 3.63) is 27.9 Å². The molecule has 0 atom stereocenters. The molecule has 0 bridgehead atoms. The molecule has 0 aliphatic heterocycles. The molecule has 3 nitrogen and oxygen atoms in total. The molecule has 0 saturated carbocycles. The number of carbonyl (C=O) groups is 1. The van der Waals surface area contributed by atoms with E-state index in [9.17, 15) is 4.79 Å². The molecule has 1 aromatic carbocycles. The largest absolute Gasteiger partial charge is 0.298 e. The van der Waals surface area contributed by atoms with Crippen LogP contribution in [0.1, 0.15) is 10.4 Å². The lowest BCUT2D eigenvalue weighted by atomic mass is 10.2. The number of carbonyl (C=O) groups excluding carboxylic acids is 1. The summed E-state index contributed by atoms with van der Waals surface area (Å²) in [5.41, 5.74) is 1.07. The Bertz CT molecular complexity index is 478. The van der Waals surface area contributed by atoms with Crippen LogP contribution >= 0.6 is 23.2 Å². The predicted octanol–water partition coefficient (Wildman–Crippen LogP) is 2.68. The maximum Gasteiger partial charge on any atom is 0.151 e. The molecular weight excluding hydrogens is 211 g/mol. The first-order chi connectivity index (χ1) is 6.24. The molecule has 1 heterocycles. The van der Waals surface area contributed by atoms with Crippen molar-refractivity contribution in [2.24, 2.45) is 0 Å². The van der Waals surface area contributed by atoms with Crippen molar-refractivity contribution >= 4 is 40.4 Å². The SMILES string of the molecule is O=Cc1ccc2n[nH]c(Cl)c2c1Cl. The number of rotatable bonds is 1. The number of hydrogen-bond donors (Lipinski definition) is 1. The van der Waals surface area contributed by atoms with Gasteiger partial charge in [0.2, 0.25) is 0 Å². The van der Waals surface area contributed by atoms with Gasteiger partial charge in [-0.05, 0) is 12.1 Å².